The van der Waals surface area contributed by atoms with Crippen LogP contribution in [0, 0.1) is 17.7 Å². The first kappa shape index (κ1) is 37.6. The van der Waals surface area contributed by atoms with Crippen LogP contribution < -0.4 is 10.2 Å². The Hall–Kier alpha value is -3.33. The zero-order chi connectivity index (χ0) is 37.9. The Bertz CT molecular complexity index is 1820. The fourth-order valence-corrected chi connectivity index (χ4v) is 11.8. The molecule has 54 heavy (non-hydrogen) atoms. The van der Waals surface area contributed by atoms with E-state index in [4.69, 9.17) is 4.74 Å². The summed E-state index contributed by atoms with van der Waals surface area (Å²) in [7, 11) is -2.26. The first-order valence-electron chi connectivity index (χ1n) is 19.7. The van der Waals surface area contributed by atoms with E-state index in [9.17, 15) is 27.5 Å². The molecule has 2 aromatic rings. The molecule has 8 rings (SSSR count). The molecular weight excluding hydrogens is 717 g/mol. The van der Waals surface area contributed by atoms with Gasteiger partial charge < -0.3 is 29.9 Å². The first-order chi connectivity index (χ1) is 25.8. The molecule has 2 aromatic carbocycles. The van der Waals surface area contributed by atoms with E-state index in [1.54, 1.807) is 36.4 Å². The van der Waals surface area contributed by atoms with Crippen LogP contribution in [0.4, 0.5) is 19.3 Å². The van der Waals surface area contributed by atoms with Crippen molar-refractivity contribution in [1.82, 2.24) is 20.0 Å². The van der Waals surface area contributed by atoms with Crippen LogP contribution in [0.3, 0.4) is 0 Å². The number of nitrogens with zero attached hydrogens (tertiary/aromatic N) is 4. The lowest BCUT2D eigenvalue weighted by atomic mass is 9.57. The number of ether oxygens (including phenoxy) is 1. The second kappa shape index (κ2) is 14.3. The molecule has 14 heteroatoms. The van der Waals surface area contributed by atoms with Gasteiger partial charge in [-0.15, -0.1) is 0 Å². The average Bonchev–Trinajstić information content (AvgIpc) is 3.70. The largest absolute Gasteiger partial charge is 0.453 e. The van der Waals surface area contributed by atoms with Gasteiger partial charge in [0.15, 0.2) is 15.5 Å². The summed E-state index contributed by atoms with van der Waals surface area (Å²) in [5, 5.41) is 12.5. The van der Waals surface area contributed by atoms with Crippen molar-refractivity contribution in [2.45, 2.75) is 84.2 Å². The second-order valence-electron chi connectivity index (χ2n) is 16.9. The highest BCUT2D eigenvalue weighted by molar-refractivity contribution is 7.92. The number of hydrogen-bond acceptors (Lipinski definition) is 9. The molecule has 2 amide bonds. The van der Waals surface area contributed by atoms with E-state index in [0.717, 1.165) is 82.5 Å². The van der Waals surface area contributed by atoms with Crippen molar-refractivity contribution in [2.24, 2.45) is 11.8 Å². The lowest BCUT2D eigenvalue weighted by Gasteiger charge is -2.54. The van der Waals surface area contributed by atoms with E-state index in [1.807, 2.05) is 4.90 Å². The van der Waals surface area contributed by atoms with Crippen molar-refractivity contribution >= 4 is 27.5 Å². The molecule has 0 spiro atoms. The minimum atomic E-state index is -3.64. The maximum Gasteiger partial charge on any atom is 0.407 e. The van der Waals surface area contributed by atoms with Gasteiger partial charge in [0.2, 0.25) is 0 Å². The zero-order valence-corrected chi connectivity index (χ0v) is 31.9. The summed E-state index contributed by atoms with van der Waals surface area (Å²) in [5.74, 6) is -0.310. The summed E-state index contributed by atoms with van der Waals surface area (Å²) in [6.07, 6.45) is 5.99. The summed E-state index contributed by atoms with van der Waals surface area (Å²) in [5.41, 5.74) is -1.33. The van der Waals surface area contributed by atoms with Gasteiger partial charge in [0.1, 0.15) is 16.7 Å². The minimum absolute atomic E-state index is 0.0785. The van der Waals surface area contributed by atoms with E-state index < -0.39 is 32.5 Å². The summed E-state index contributed by atoms with van der Waals surface area (Å²) in [6, 6.07) is 13.6. The molecule has 6 fully saturated rings. The quantitative estimate of drug-likeness (QED) is 0.333. The molecule has 294 valence electrons. The number of benzene rings is 2. The van der Waals surface area contributed by atoms with Gasteiger partial charge in [-0.25, -0.2) is 22.0 Å². The highest BCUT2D eigenvalue weighted by Gasteiger charge is 2.55. The normalized spacial score (nSPS) is 27.0. The van der Waals surface area contributed by atoms with E-state index in [1.165, 1.54) is 18.1 Å². The number of likely N-dealkylation sites (tertiary alicyclic amines) is 3. The number of methoxy groups -OCH3 is 1. The average molecular weight is 770 g/mol. The number of anilines is 1. The van der Waals surface area contributed by atoms with Gasteiger partial charge >= 0.3 is 6.09 Å². The molecule has 0 bridgehead atoms. The number of sulfone groups is 1. The van der Waals surface area contributed by atoms with Crippen molar-refractivity contribution in [3.63, 3.8) is 0 Å². The molecule has 0 aromatic heterocycles. The number of halogens is 2. The van der Waals surface area contributed by atoms with Crippen LogP contribution in [-0.2, 0) is 24.8 Å². The second-order valence-corrected chi connectivity index (χ2v) is 19.1. The topological polar surface area (TPSA) is 123 Å². The first-order valence-corrected chi connectivity index (χ1v) is 21.2. The van der Waals surface area contributed by atoms with Crippen LogP contribution >= 0.6 is 0 Å². The Kier molecular flexibility index (Phi) is 9.96. The minimum Gasteiger partial charge on any atom is -0.453 e. The summed E-state index contributed by atoms with van der Waals surface area (Å²) < 4.78 is 62.7. The van der Waals surface area contributed by atoms with E-state index in [-0.39, 0.29) is 66.1 Å². The number of nitrogens with one attached hydrogen (secondary N) is 1. The van der Waals surface area contributed by atoms with Crippen LogP contribution in [0.1, 0.15) is 56.9 Å². The number of carbonyl (C=O) groups excluding carboxylic acids is 2. The van der Waals surface area contributed by atoms with Crippen LogP contribution in [0.5, 0.6) is 0 Å². The van der Waals surface area contributed by atoms with E-state index >= 15 is 4.39 Å². The summed E-state index contributed by atoms with van der Waals surface area (Å²) >= 11 is 0. The molecule has 6 aliphatic rings. The third-order valence-electron chi connectivity index (χ3n) is 13.5. The Balaban J connectivity index is 0.902. The molecular formula is C40H53F2N5O6S. The number of aliphatic hydroxyl groups is 1. The van der Waals surface area contributed by atoms with Crippen molar-refractivity contribution in [1.29, 1.82) is 0 Å². The Morgan fingerprint density at radius 2 is 1.67 bits per heavy atom. The fraction of sp³-hybridized carbons (Fsp3) is 0.650. The van der Waals surface area contributed by atoms with E-state index in [2.05, 4.69) is 21.2 Å². The standard InChI is InChI=1S/C40H53F2N5O6S/c1-53-37(49)43-35-8-3-7-34(35)40(27-44-17-4-18-44,29-5-2-6-30(41)21-29)28-13-19-45(20-14-28)24-38(42)25-47(26-38)31-9-11-32(12-10-31)54(51,52)33-22-46(23-33)36(48)39(50)15-16-39/h2,5-6,9-12,21,28,33-35,50H,3-4,7-8,13-20,22-27H2,1H3,(H,43,49)/t34-,35-,40-/m0/s1. The molecule has 4 aliphatic heterocycles. The molecule has 2 aliphatic carbocycles. The van der Waals surface area contributed by atoms with Crippen molar-refractivity contribution in [3.8, 4) is 0 Å². The smallest absolute Gasteiger partial charge is 0.407 e. The highest BCUT2D eigenvalue weighted by Crippen LogP contribution is 2.52. The zero-order valence-electron chi connectivity index (χ0n) is 31.1. The van der Waals surface area contributed by atoms with Gasteiger partial charge in [0.25, 0.3) is 5.91 Å². The number of carbonyl (C=O) groups is 2. The fourth-order valence-electron chi connectivity index (χ4n) is 10.1. The SMILES string of the molecule is COC(=O)N[C@H]1CCC[C@@H]1[C@](CN1CCC1)(c1cccc(F)c1)C1CCN(CC2(F)CN(c3ccc(S(=O)(=O)C4CN(C(=O)C5(O)CC5)C4)cc3)C2)CC1. The van der Waals surface area contributed by atoms with Gasteiger partial charge in [0.05, 0.1) is 25.1 Å². The molecule has 11 nitrogen and oxygen atoms in total. The van der Waals surface area contributed by atoms with E-state index in [0.29, 0.717) is 19.4 Å². The lowest BCUT2D eigenvalue weighted by Crippen LogP contribution is -2.65. The highest BCUT2D eigenvalue weighted by atomic mass is 32.2. The number of amides is 2. The molecule has 2 saturated carbocycles. The monoisotopic (exact) mass is 769 g/mol. The molecule has 4 saturated heterocycles. The Morgan fingerprint density at radius 3 is 2.28 bits per heavy atom. The summed E-state index contributed by atoms with van der Waals surface area (Å²) in [4.78, 5) is 33.0. The number of hydrogen-bond donors (Lipinski definition) is 2. The van der Waals surface area contributed by atoms with Crippen LogP contribution in [-0.4, -0.2) is 135 Å². The number of rotatable bonds is 12. The molecule has 2 N–H and O–H groups in total. The molecule has 4 heterocycles. The Morgan fingerprint density at radius 1 is 0.963 bits per heavy atom. The van der Waals surface area contributed by atoms with Crippen molar-refractivity contribution in [2.75, 3.05) is 77.5 Å². The van der Waals surface area contributed by atoms with Gasteiger partial charge in [-0.3, -0.25) is 9.69 Å². The Labute approximate surface area is 316 Å². The van der Waals surface area contributed by atoms with Gasteiger partial charge in [-0.1, -0.05) is 18.6 Å². The summed E-state index contributed by atoms with van der Waals surface area (Å²) in [6.45, 7) is 5.17. The van der Waals surface area contributed by atoms with Gasteiger partial charge in [-0.05, 0) is 125 Å². The maximum atomic E-state index is 16.2. The van der Waals surface area contributed by atoms with Crippen LogP contribution in [0.25, 0.3) is 0 Å². The van der Waals surface area contributed by atoms with Gasteiger partial charge in [-0.2, -0.15) is 0 Å². The van der Waals surface area contributed by atoms with Crippen LogP contribution in [0.15, 0.2) is 53.4 Å². The molecule has 3 atom stereocenters. The van der Waals surface area contributed by atoms with Crippen LogP contribution in [0.2, 0.25) is 0 Å². The van der Waals surface area contributed by atoms with Crippen molar-refractivity contribution in [3.05, 3.63) is 59.9 Å². The predicted octanol–water partition coefficient (Wildman–Crippen LogP) is 3.74. The number of alkyl halides is 1. The van der Waals surface area contributed by atoms with Gasteiger partial charge in [0, 0.05) is 43.3 Å². The third kappa shape index (κ3) is 7.00. The maximum absolute atomic E-state index is 16.2. The predicted molar refractivity (Wildman–Crippen MR) is 199 cm³/mol. The third-order valence-corrected chi connectivity index (χ3v) is 15.6. The number of alkyl carbamates (subject to hydrolysis) is 1. The number of piperidine rings is 1. The molecule has 0 unspecified atom stereocenters. The lowest BCUT2D eigenvalue weighted by molar-refractivity contribution is -0.145. The molecule has 0 radical (unpaired) electrons. The van der Waals surface area contributed by atoms with Crippen molar-refractivity contribution < 1.29 is 36.6 Å².